The molecule has 0 bridgehead atoms. The van der Waals surface area contributed by atoms with Crippen LogP contribution in [0, 0.1) is 6.92 Å². The number of benzene rings is 1. The summed E-state index contributed by atoms with van der Waals surface area (Å²) in [5.74, 6) is -0.0184. The quantitative estimate of drug-likeness (QED) is 0.757. The number of nitrogens with zero attached hydrogens (tertiary/aromatic N) is 3. The van der Waals surface area contributed by atoms with Gasteiger partial charge < -0.3 is 4.90 Å². The van der Waals surface area contributed by atoms with Gasteiger partial charge in [-0.2, -0.15) is 0 Å². The van der Waals surface area contributed by atoms with E-state index < -0.39 is 10.0 Å². The van der Waals surface area contributed by atoms with Gasteiger partial charge >= 0.3 is 0 Å². The first-order chi connectivity index (χ1) is 13.4. The molecule has 1 aromatic heterocycles. The van der Waals surface area contributed by atoms with Gasteiger partial charge in [-0.05, 0) is 36.8 Å². The van der Waals surface area contributed by atoms with Crippen molar-refractivity contribution in [1.29, 1.82) is 0 Å². The Bertz CT molecular complexity index is 877. The van der Waals surface area contributed by atoms with Crippen molar-refractivity contribution in [2.75, 3.05) is 32.7 Å². The lowest BCUT2D eigenvalue weighted by molar-refractivity contribution is -0.132. The minimum atomic E-state index is -3.58. The number of aryl methyl sites for hydroxylation is 1. The molecule has 2 aromatic rings. The highest BCUT2D eigenvalue weighted by atomic mass is 32.2. The van der Waals surface area contributed by atoms with E-state index >= 15 is 0 Å². The second-order valence-corrected chi connectivity index (χ2v) is 8.74. The van der Waals surface area contributed by atoms with E-state index in [1.165, 1.54) is 5.56 Å². The van der Waals surface area contributed by atoms with Crippen molar-refractivity contribution in [3.63, 3.8) is 0 Å². The Balaban J connectivity index is 1.41. The fourth-order valence-electron chi connectivity index (χ4n) is 3.15. The highest BCUT2D eigenvalue weighted by Gasteiger charge is 2.21. The first-order valence-corrected chi connectivity index (χ1v) is 10.9. The van der Waals surface area contributed by atoms with Crippen molar-refractivity contribution in [3.05, 3.63) is 59.9 Å². The molecule has 1 aliphatic rings. The number of pyridine rings is 1. The van der Waals surface area contributed by atoms with Crippen LogP contribution in [0.4, 0.5) is 0 Å². The number of rotatable bonds is 7. The Morgan fingerprint density at radius 2 is 1.68 bits per heavy atom. The molecule has 28 heavy (non-hydrogen) atoms. The number of amides is 1. The van der Waals surface area contributed by atoms with Crippen LogP contribution in [0.3, 0.4) is 0 Å². The van der Waals surface area contributed by atoms with Gasteiger partial charge in [0.1, 0.15) is 0 Å². The Morgan fingerprint density at radius 3 is 2.32 bits per heavy atom. The summed E-state index contributed by atoms with van der Waals surface area (Å²) in [5, 5.41) is 0. The van der Waals surface area contributed by atoms with E-state index in [0.717, 1.165) is 25.2 Å². The molecular weight excluding hydrogens is 376 g/mol. The summed E-state index contributed by atoms with van der Waals surface area (Å²) in [6.45, 7) is 5.79. The van der Waals surface area contributed by atoms with Crippen molar-refractivity contribution >= 4 is 15.9 Å². The van der Waals surface area contributed by atoms with E-state index in [4.69, 9.17) is 0 Å². The topological polar surface area (TPSA) is 82.6 Å². The van der Waals surface area contributed by atoms with Crippen molar-refractivity contribution in [2.24, 2.45) is 0 Å². The van der Waals surface area contributed by atoms with Gasteiger partial charge in [0.2, 0.25) is 15.9 Å². The number of piperazine rings is 1. The van der Waals surface area contributed by atoms with E-state index in [0.29, 0.717) is 13.1 Å². The van der Waals surface area contributed by atoms with Gasteiger partial charge in [-0.1, -0.05) is 17.7 Å². The van der Waals surface area contributed by atoms with Gasteiger partial charge in [0.15, 0.2) is 0 Å². The van der Waals surface area contributed by atoms with E-state index in [-0.39, 0.29) is 23.8 Å². The Labute approximate surface area is 166 Å². The van der Waals surface area contributed by atoms with E-state index in [2.05, 4.69) is 14.6 Å². The van der Waals surface area contributed by atoms with Gasteiger partial charge in [0.25, 0.3) is 0 Å². The smallest absolute Gasteiger partial charge is 0.240 e. The number of nitrogens with one attached hydrogen (secondary N) is 1. The Hall–Kier alpha value is -2.29. The first-order valence-electron chi connectivity index (χ1n) is 9.39. The van der Waals surface area contributed by atoms with Gasteiger partial charge in [0, 0.05) is 58.1 Å². The molecular formula is C20H26N4O3S. The molecule has 2 heterocycles. The Morgan fingerprint density at radius 1 is 1.04 bits per heavy atom. The van der Waals surface area contributed by atoms with Gasteiger partial charge in [0.05, 0.1) is 4.90 Å². The van der Waals surface area contributed by atoms with Crippen molar-refractivity contribution in [3.8, 4) is 0 Å². The average molecular weight is 403 g/mol. The minimum Gasteiger partial charge on any atom is -0.340 e. The minimum absolute atomic E-state index is 0.0184. The molecule has 1 aromatic carbocycles. The summed E-state index contributed by atoms with van der Waals surface area (Å²) < 4.78 is 27.1. The number of aromatic nitrogens is 1. The summed E-state index contributed by atoms with van der Waals surface area (Å²) in [5.41, 5.74) is 2.21. The molecule has 8 heteroatoms. The Kier molecular flexibility index (Phi) is 6.77. The summed E-state index contributed by atoms with van der Waals surface area (Å²) in [6.07, 6.45) is 3.73. The molecule has 1 fully saturated rings. The van der Waals surface area contributed by atoms with Crippen LogP contribution in [0.25, 0.3) is 0 Å². The van der Waals surface area contributed by atoms with Crippen molar-refractivity contribution in [1.82, 2.24) is 19.5 Å². The fraction of sp³-hybridized carbons (Fsp3) is 0.400. The zero-order chi connectivity index (χ0) is 20.0. The molecule has 0 spiro atoms. The third kappa shape index (κ3) is 5.60. The molecule has 150 valence electrons. The second kappa shape index (κ2) is 9.27. The largest absolute Gasteiger partial charge is 0.340 e. The predicted octanol–water partition coefficient (Wildman–Crippen LogP) is 1.40. The van der Waals surface area contributed by atoms with Crippen LogP contribution in [0.15, 0.2) is 53.7 Å². The maximum atomic E-state index is 12.4. The molecule has 1 saturated heterocycles. The number of hydrogen-bond donors (Lipinski definition) is 1. The third-order valence-electron chi connectivity index (χ3n) is 4.84. The second-order valence-electron chi connectivity index (χ2n) is 6.97. The highest BCUT2D eigenvalue weighted by molar-refractivity contribution is 7.89. The molecule has 1 N–H and O–H groups in total. The first kappa shape index (κ1) is 20.4. The zero-order valence-electron chi connectivity index (χ0n) is 16.0. The van der Waals surface area contributed by atoms with Crippen LogP contribution in [-0.4, -0.2) is 61.8 Å². The monoisotopic (exact) mass is 402 g/mol. The lowest BCUT2D eigenvalue weighted by Crippen LogP contribution is -2.48. The number of hydrogen-bond acceptors (Lipinski definition) is 5. The van der Waals surface area contributed by atoms with Gasteiger partial charge in [-0.15, -0.1) is 0 Å². The van der Waals surface area contributed by atoms with Gasteiger partial charge in [-0.25, -0.2) is 13.1 Å². The van der Waals surface area contributed by atoms with E-state index in [9.17, 15) is 13.2 Å². The summed E-state index contributed by atoms with van der Waals surface area (Å²) in [4.78, 5) is 20.7. The molecule has 0 atom stereocenters. The SMILES string of the molecule is Cc1ccc(S(=O)(=O)NCCC(=O)N2CCN(Cc3ccncc3)CC2)cc1. The number of sulfonamides is 1. The molecule has 0 unspecified atom stereocenters. The average Bonchev–Trinajstić information content (AvgIpc) is 2.69. The molecule has 1 aliphatic heterocycles. The number of carbonyl (C=O) groups is 1. The summed E-state index contributed by atoms with van der Waals surface area (Å²) in [6, 6.07) is 10.6. The molecule has 0 saturated carbocycles. The number of carbonyl (C=O) groups excluding carboxylic acids is 1. The van der Waals surface area contributed by atoms with Crippen molar-refractivity contribution in [2.45, 2.75) is 24.8 Å². The molecule has 3 rings (SSSR count). The highest BCUT2D eigenvalue weighted by Crippen LogP contribution is 2.11. The van der Waals surface area contributed by atoms with E-state index in [1.807, 2.05) is 24.0 Å². The predicted molar refractivity (Wildman–Crippen MR) is 107 cm³/mol. The summed E-state index contributed by atoms with van der Waals surface area (Å²) in [7, 11) is -3.58. The van der Waals surface area contributed by atoms with Crippen LogP contribution < -0.4 is 4.72 Å². The van der Waals surface area contributed by atoms with Crippen LogP contribution in [0.2, 0.25) is 0 Å². The van der Waals surface area contributed by atoms with Crippen molar-refractivity contribution < 1.29 is 13.2 Å². The molecule has 0 aliphatic carbocycles. The molecule has 0 radical (unpaired) electrons. The summed E-state index contributed by atoms with van der Waals surface area (Å²) >= 11 is 0. The molecule has 1 amide bonds. The lowest BCUT2D eigenvalue weighted by Gasteiger charge is -2.34. The van der Waals surface area contributed by atoms with Crippen LogP contribution >= 0.6 is 0 Å². The fourth-order valence-corrected chi connectivity index (χ4v) is 4.18. The normalized spacial score (nSPS) is 15.5. The standard InChI is InChI=1S/C20H26N4O3S/c1-17-2-4-19(5-3-17)28(26,27)22-11-8-20(25)24-14-12-23(13-15-24)16-18-6-9-21-10-7-18/h2-7,9-10,22H,8,11-16H2,1H3. The van der Waals surface area contributed by atoms with Crippen LogP contribution in [0.5, 0.6) is 0 Å². The maximum absolute atomic E-state index is 12.4. The lowest BCUT2D eigenvalue weighted by atomic mass is 10.2. The molecule has 7 nitrogen and oxygen atoms in total. The maximum Gasteiger partial charge on any atom is 0.240 e. The van der Waals surface area contributed by atoms with E-state index in [1.54, 1.807) is 36.7 Å². The zero-order valence-corrected chi connectivity index (χ0v) is 16.9. The van der Waals surface area contributed by atoms with Gasteiger partial charge in [-0.3, -0.25) is 14.7 Å². The third-order valence-corrected chi connectivity index (χ3v) is 6.32. The van der Waals surface area contributed by atoms with Crippen LogP contribution in [-0.2, 0) is 21.4 Å². The van der Waals surface area contributed by atoms with Crippen LogP contribution in [0.1, 0.15) is 17.5 Å².